The fourth-order valence-corrected chi connectivity index (χ4v) is 1.42. The summed E-state index contributed by atoms with van der Waals surface area (Å²) in [7, 11) is 3.81. The molecule has 0 aromatic heterocycles. The van der Waals surface area contributed by atoms with Crippen LogP contribution < -0.4 is 0 Å². The average molecular weight is 298 g/mol. The molecule has 0 heterocycles. The Morgan fingerprint density at radius 1 is 1.36 bits per heavy atom. The summed E-state index contributed by atoms with van der Waals surface area (Å²) in [6, 6.07) is 10.1. The molecular weight excluding hydrogens is 287 g/mol. The van der Waals surface area contributed by atoms with Gasteiger partial charge >= 0.3 is 0 Å². The number of nitriles is 1. The Bertz CT molecular complexity index is 371. The summed E-state index contributed by atoms with van der Waals surface area (Å²) in [6.07, 6.45) is 1.82. The second-order valence-electron chi connectivity index (χ2n) is 3.13. The molecule has 0 N–H and O–H groups in total. The topological polar surface area (TPSA) is 27.0 Å². The number of hydrogen-bond acceptors (Lipinski definition) is 2. The molecule has 0 bridgehead atoms. The molecule has 1 aromatic rings. The lowest BCUT2D eigenvalue weighted by atomic mass is 10.1. The molecule has 0 spiro atoms. The SMILES string of the molecule is CN(C)C=C(C#N)c1ccc(I)cc1. The van der Waals surface area contributed by atoms with Gasteiger partial charge in [-0.05, 0) is 40.3 Å². The van der Waals surface area contributed by atoms with Crippen LogP contribution in [0.3, 0.4) is 0 Å². The normalized spacial score (nSPS) is 10.9. The van der Waals surface area contributed by atoms with E-state index in [1.807, 2.05) is 49.5 Å². The summed E-state index contributed by atoms with van der Waals surface area (Å²) in [5.41, 5.74) is 1.65. The number of rotatable bonds is 2. The molecule has 72 valence electrons. The van der Waals surface area contributed by atoms with Crippen molar-refractivity contribution in [3.8, 4) is 6.07 Å². The largest absolute Gasteiger partial charge is 0.382 e. The lowest BCUT2D eigenvalue weighted by molar-refractivity contribution is 0.566. The van der Waals surface area contributed by atoms with Gasteiger partial charge in [0.2, 0.25) is 0 Å². The van der Waals surface area contributed by atoms with Gasteiger partial charge in [-0.3, -0.25) is 0 Å². The standard InChI is InChI=1S/C11H11IN2/c1-14(2)8-10(7-13)9-3-5-11(12)6-4-9/h3-6,8H,1-2H3. The molecule has 1 aromatic carbocycles. The Morgan fingerprint density at radius 2 is 1.93 bits per heavy atom. The first-order valence-electron chi connectivity index (χ1n) is 4.18. The first-order valence-corrected chi connectivity index (χ1v) is 5.25. The van der Waals surface area contributed by atoms with Crippen molar-refractivity contribution in [2.75, 3.05) is 14.1 Å². The maximum absolute atomic E-state index is 8.95. The molecular formula is C11H11IN2. The van der Waals surface area contributed by atoms with Gasteiger partial charge in [-0.25, -0.2) is 0 Å². The van der Waals surface area contributed by atoms with Gasteiger partial charge in [-0.15, -0.1) is 0 Å². The van der Waals surface area contributed by atoms with Crippen LogP contribution in [0.1, 0.15) is 5.56 Å². The molecule has 0 aliphatic heterocycles. The van der Waals surface area contributed by atoms with Crippen molar-refractivity contribution in [2.45, 2.75) is 0 Å². The molecule has 0 saturated heterocycles. The van der Waals surface area contributed by atoms with Crippen LogP contribution in [-0.4, -0.2) is 19.0 Å². The van der Waals surface area contributed by atoms with E-state index in [1.54, 1.807) is 0 Å². The predicted molar refractivity (Wildman–Crippen MR) is 66.4 cm³/mol. The summed E-state index contributed by atoms with van der Waals surface area (Å²) in [5.74, 6) is 0. The zero-order chi connectivity index (χ0) is 10.6. The Balaban J connectivity index is 3.03. The summed E-state index contributed by atoms with van der Waals surface area (Å²) in [4.78, 5) is 1.87. The maximum atomic E-state index is 8.95. The summed E-state index contributed by atoms with van der Waals surface area (Å²) < 4.78 is 1.17. The monoisotopic (exact) mass is 298 g/mol. The number of nitrogens with zero attached hydrogens (tertiary/aromatic N) is 2. The molecule has 14 heavy (non-hydrogen) atoms. The predicted octanol–water partition coefficient (Wildman–Crippen LogP) is 2.72. The highest BCUT2D eigenvalue weighted by atomic mass is 127. The van der Waals surface area contributed by atoms with Crippen LogP contribution in [0, 0.1) is 14.9 Å². The zero-order valence-electron chi connectivity index (χ0n) is 8.16. The molecule has 0 fully saturated rings. The number of allylic oxidation sites excluding steroid dienone is 1. The molecule has 1 rings (SSSR count). The molecule has 0 aliphatic carbocycles. The van der Waals surface area contributed by atoms with Gasteiger partial charge in [0.15, 0.2) is 0 Å². The van der Waals surface area contributed by atoms with Gasteiger partial charge in [-0.1, -0.05) is 12.1 Å². The van der Waals surface area contributed by atoms with E-state index in [9.17, 15) is 0 Å². The van der Waals surface area contributed by atoms with Crippen molar-refractivity contribution < 1.29 is 0 Å². The average Bonchev–Trinajstić information content (AvgIpc) is 2.15. The molecule has 0 saturated carbocycles. The summed E-state index contributed by atoms with van der Waals surface area (Å²) in [6.45, 7) is 0. The number of halogens is 1. The van der Waals surface area contributed by atoms with Crippen molar-refractivity contribution in [3.63, 3.8) is 0 Å². The van der Waals surface area contributed by atoms with E-state index in [0.717, 1.165) is 5.56 Å². The minimum atomic E-state index is 0.686. The quantitative estimate of drug-likeness (QED) is 0.620. The molecule has 0 unspecified atom stereocenters. The van der Waals surface area contributed by atoms with E-state index in [4.69, 9.17) is 5.26 Å². The third-order valence-corrected chi connectivity index (χ3v) is 2.38. The van der Waals surface area contributed by atoms with Crippen LogP contribution >= 0.6 is 22.6 Å². The number of benzene rings is 1. The van der Waals surface area contributed by atoms with E-state index in [-0.39, 0.29) is 0 Å². The van der Waals surface area contributed by atoms with E-state index in [0.29, 0.717) is 5.57 Å². The Labute approximate surface area is 98.0 Å². The van der Waals surface area contributed by atoms with Crippen molar-refractivity contribution >= 4 is 28.2 Å². The van der Waals surface area contributed by atoms with Crippen LogP contribution in [0.5, 0.6) is 0 Å². The van der Waals surface area contributed by atoms with Gasteiger partial charge in [0.1, 0.15) is 6.07 Å². The highest BCUT2D eigenvalue weighted by Gasteiger charge is 1.99. The highest BCUT2D eigenvalue weighted by molar-refractivity contribution is 14.1. The molecule has 3 heteroatoms. The smallest absolute Gasteiger partial charge is 0.101 e. The summed E-state index contributed by atoms with van der Waals surface area (Å²) >= 11 is 2.24. The second-order valence-corrected chi connectivity index (χ2v) is 4.37. The maximum Gasteiger partial charge on any atom is 0.101 e. The molecule has 0 amide bonds. The molecule has 0 radical (unpaired) electrons. The van der Waals surface area contributed by atoms with Crippen molar-refractivity contribution in [3.05, 3.63) is 39.6 Å². The van der Waals surface area contributed by atoms with Gasteiger partial charge in [0, 0.05) is 23.9 Å². The fraction of sp³-hybridized carbons (Fsp3) is 0.182. The van der Waals surface area contributed by atoms with E-state index in [1.165, 1.54) is 3.57 Å². The minimum absolute atomic E-state index is 0.686. The highest BCUT2D eigenvalue weighted by Crippen LogP contribution is 2.15. The van der Waals surface area contributed by atoms with Crippen LogP contribution in [0.2, 0.25) is 0 Å². The van der Waals surface area contributed by atoms with Crippen molar-refractivity contribution in [1.82, 2.24) is 4.90 Å². The van der Waals surface area contributed by atoms with Gasteiger partial charge in [-0.2, -0.15) is 5.26 Å². The van der Waals surface area contributed by atoms with E-state index >= 15 is 0 Å². The van der Waals surface area contributed by atoms with Crippen molar-refractivity contribution in [1.29, 1.82) is 5.26 Å². The lowest BCUT2D eigenvalue weighted by Gasteiger charge is -2.06. The lowest BCUT2D eigenvalue weighted by Crippen LogP contribution is -2.02. The Hall–Kier alpha value is -1.02. The zero-order valence-corrected chi connectivity index (χ0v) is 10.3. The molecule has 0 atom stereocenters. The van der Waals surface area contributed by atoms with Crippen LogP contribution in [-0.2, 0) is 0 Å². The van der Waals surface area contributed by atoms with E-state index in [2.05, 4.69) is 28.7 Å². The fourth-order valence-electron chi connectivity index (χ4n) is 1.06. The van der Waals surface area contributed by atoms with Crippen LogP contribution in [0.15, 0.2) is 30.5 Å². The molecule has 0 aliphatic rings. The second kappa shape index (κ2) is 5.01. The summed E-state index contributed by atoms with van der Waals surface area (Å²) in [5, 5.41) is 8.95. The Kier molecular flexibility index (Phi) is 3.96. The minimum Gasteiger partial charge on any atom is -0.382 e. The molecule has 2 nitrogen and oxygen atoms in total. The first-order chi connectivity index (χ1) is 6.63. The third-order valence-electron chi connectivity index (χ3n) is 1.66. The third kappa shape index (κ3) is 3.04. The van der Waals surface area contributed by atoms with Crippen molar-refractivity contribution in [2.24, 2.45) is 0 Å². The van der Waals surface area contributed by atoms with Crippen LogP contribution in [0.25, 0.3) is 5.57 Å². The van der Waals surface area contributed by atoms with Gasteiger partial charge in [0.25, 0.3) is 0 Å². The van der Waals surface area contributed by atoms with Gasteiger partial charge in [0.05, 0.1) is 5.57 Å². The first kappa shape index (κ1) is 11.1. The van der Waals surface area contributed by atoms with Crippen LogP contribution in [0.4, 0.5) is 0 Å². The number of hydrogen-bond donors (Lipinski definition) is 0. The van der Waals surface area contributed by atoms with Gasteiger partial charge < -0.3 is 4.90 Å². The van der Waals surface area contributed by atoms with E-state index < -0.39 is 0 Å². The Morgan fingerprint density at radius 3 is 2.36 bits per heavy atom.